The van der Waals surface area contributed by atoms with Crippen molar-refractivity contribution in [3.05, 3.63) is 12.2 Å². The number of fused-ring (bicyclic) bond motifs is 2. The van der Waals surface area contributed by atoms with Crippen molar-refractivity contribution >= 4 is 10.0 Å². The zero-order valence-corrected chi connectivity index (χ0v) is 10.1. The van der Waals surface area contributed by atoms with Gasteiger partial charge in [-0.3, -0.25) is 0 Å². The first-order chi connectivity index (χ1) is 6.01. The van der Waals surface area contributed by atoms with Gasteiger partial charge in [0.2, 0.25) is 0 Å². The van der Waals surface area contributed by atoms with Gasteiger partial charge in [0.15, 0.2) is 0 Å². The molecule has 0 radical (unpaired) electrons. The Hall–Kier alpha value is 0.0900. The molecule has 0 amide bonds. The topological polar surface area (TPSA) is 0 Å². The van der Waals surface area contributed by atoms with Crippen molar-refractivity contribution < 1.29 is 0 Å². The fourth-order valence-electron chi connectivity index (χ4n) is 2.78. The highest BCUT2D eigenvalue weighted by molar-refractivity contribution is 8.33. The van der Waals surface area contributed by atoms with Crippen LogP contribution in [0.2, 0.25) is 0 Å². The average Bonchev–Trinajstić information content (AvgIpc) is 2.63. The predicted octanol–water partition coefficient (Wildman–Crippen LogP) is 3.42. The van der Waals surface area contributed by atoms with Crippen LogP contribution in [0.3, 0.4) is 0 Å². The smallest absolute Gasteiger partial charge is 0.00457 e. The minimum absolute atomic E-state index is 0.359. The number of hydrogen-bond donors (Lipinski definition) is 0. The lowest BCUT2D eigenvalue weighted by molar-refractivity contribution is 0.692. The molecular weight excluding hydrogens is 176 g/mol. The van der Waals surface area contributed by atoms with E-state index in [1.165, 1.54) is 12.8 Å². The molecule has 3 unspecified atom stereocenters. The van der Waals surface area contributed by atoms with Gasteiger partial charge < -0.3 is 0 Å². The van der Waals surface area contributed by atoms with Gasteiger partial charge >= 0.3 is 0 Å². The fourth-order valence-corrected chi connectivity index (χ4v) is 5.32. The molecule has 2 rings (SSSR count). The van der Waals surface area contributed by atoms with Gasteiger partial charge in [-0.05, 0) is 47.7 Å². The van der Waals surface area contributed by atoms with Crippen LogP contribution in [-0.4, -0.2) is 23.0 Å². The van der Waals surface area contributed by atoms with Crippen molar-refractivity contribution in [2.24, 2.45) is 11.8 Å². The highest BCUT2D eigenvalue weighted by Gasteiger charge is 2.42. The Morgan fingerprint density at radius 3 is 2.23 bits per heavy atom. The molecule has 1 saturated carbocycles. The first-order valence-corrected chi connectivity index (χ1v) is 7.98. The summed E-state index contributed by atoms with van der Waals surface area (Å²) >= 11 is 0. The van der Waals surface area contributed by atoms with Gasteiger partial charge in [-0.1, -0.05) is 26.0 Å². The highest BCUT2D eigenvalue weighted by atomic mass is 32.3. The van der Waals surface area contributed by atoms with Crippen molar-refractivity contribution in [1.82, 2.24) is 0 Å². The third-order valence-electron chi connectivity index (χ3n) is 4.21. The summed E-state index contributed by atoms with van der Waals surface area (Å²) in [5.74, 6) is 1.89. The Labute approximate surface area is 84.1 Å². The summed E-state index contributed by atoms with van der Waals surface area (Å²) in [7, 11) is -0.359. The van der Waals surface area contributed by atoms with E-state index < -0.39 is 0 Å². The molecule has 0 spiro atoms. The van der Waals surface area contributed by atoms with Crippen molar-refractivity contribution in [3.63, 3.8) is 0 Å². The van der Waals surface area contributed by atoms with Gasteiger partial charge in [0, 0.05) is 0 Å². The van der Waals surface area contributed by atoms with E-state index in [1.54, 1.807) is 0 Å². The molecule has 0 heterocycles. The summed E-state index contributed by atoms with van der Waals surface area (Å²) in [6.45, 7) is 4.82. The van der Waals surface area contributed by atoms with Crippen LogP contribution in [0.25, 0.3) is 0 Å². The maximum absolute atomic E-state index is 2.54. The van der Waals surface area contributed by atoms with Crippen molar-refractivity contribution in [1.29, 1.82) is 0 Å². The van der Waals surface area contributed by atoms with Crippen molar-refractivity contribution in [3.8, 4) is 0 Å². The fraction of sp³-hybridized carbons (Fsp3) is 0.833. The highest BCUT2D eigenvalue weighted by Crippen LogP contribution is 2.60. The average molecular weight is 198 g/mol. The minimum atomic E-state index is -0.359. The quantitative estimate of drug-likeness (QED) is 0.596. The zero-order chi connectivity index (χ0) is 9.64. The monoisotopic (exact) mass is 198 g/mol. The largest absolute Gasteiger partial charge is 0.241 e. The summed E-state index contributed by atoms with van der Waals surface area (Å²) in [6.07, 6.45) is 13.0. The van der Waals surface area contributed by atoms with E-state index in [0.717, 1.165) is 22.3 Å². The molecule has 2 bridgehead atoms. The lowest BCUT2D eigenvalue weighted by Crippen LogP contribution is -2.26. The normalized spacial score (nSPS) is 39.0. The number of rotatable bonds is 2. The number of allylic oxidation sites excluding steroid dienone is 2. The van der Waals surface area contributed by atoms with Gasteiger partial charge in [0.05, 0.1) is 0 Å². The predicted molar refractivity (Wildman–Crippen MR) is 63.7 cm³/mol. The van der Waals surface area contributed by atoms with Gasteiger partial charge in [-0.15, -0.1) is 0 Å². The minimum Gasteiger partial charge on any atom is -0.241 e. The van der Waals surface area contributed by atoms with Gasteiger partial charge in [-0.2, -0.15) is 0 Å². The van der Waals surface area contributed by atoms with Crippen LogP contribution in [0, 0.1) is 11.8 Å². The lowest BCUT2D eigenvalue weighted by Gasteiger charge is -2.45. The van der Waals surface area contributed by atoms with E-state index in [1.807, 2.05) is 0 Å². The standard InChI is InChI=1S/C12H22S/c1-9(2)13(3,4)12-8-10-5-6-11(12)7-10/h5-6,9-12H,7-8H2,1-4H3. The van der Waals surface area contributed by atoms with Crippen LogP contribution in [0.1, 0.15) is 26.7 Å². The van der Waals surface area contributed by atoms with E-state index in [-0.39, 0.29) is 10.0 Å². The molecule has 1 fully saturated rings. The second-order valence-electron chi connectivity index (χ2n) is 5.35. The molecule has 0 aromatic rings. The van der Waals surface area contributed by atoms with E-state index in [4.69, 9.17) is 0 Å². The molecule has 2 aliphatic carbocycles. The van der Waals surface area contributed by atoms with E-state index >= 15 is 0 Å². The summed E-state index contributed by atoms with van der Waals surface area (Å²) in [4.78, 5) is 0. The molecule has 2 aliphatic rings. The second kappa shape index (κ2) is 3.05. The van der Waals surface area contributed by atoms with E-state index in [2.05, 4.69) is 38.5 Å². The molecule has 0 N–H and O–H groups in total. The first-order valence-electron chi connectivity index (χ1n) is 5.41. The Morgan fingerprint density at radius 1 is 1.15 bits per heavy atom. The maximum atomic E-state index is 2.54. The molecule has 0 aromatic carbocycles. The maximum Gasteiger partial charge on any atom is -0.00457 e. The van der Waals surface area contributed by atoms with Crippen LogP contribution >= 0.6 is 10.0 Å². The molecule has 3 atom stereocenters. The van der Waals surface area contributed by atoms with E-state index in [0.29, 0.717) is 0 Å². The van der Waals surface area contributed by atoms with Crippen molar-refractivity contribution in [2.45, 2.75) is 37.2 Å². The molecule has 0 aliphatic heterocycles. The van der Waals surface area contributed by atoms with Crippen LogP contribution in [-0.2, 0) is 0 Å². The van der Waals surface area contributed by atoms with Crippen LogP contribution in [0.15, 0.2) is 12.2 Å². The third kappa shape index (κ3) is 1.45. The van der Waals surface area contributed by atoms with Gasteiger partial charge in [-0.25, -0.2) is 10.0 Å². The Kier molecular flexibility index (Phi) is 2.26. The summed E-state index contributed by atoms with van der Waals surface area (Å²) in [5, 5.41) is 1.92. The van der Waals surface area contributed by atoms with Gasteiger partial charge in [0.25, 0.3) is 0 Å². The lowest BCUT2D eigenvalue weighted by atomic mass is 10.1. The molecule has 0 nitrogen and oxygen atoms in total. The summed E-state index contributed by atoms with van der Waals surface area (Å²) in [6, 6.07) is 0. The molecule has 76 valence electrons. The van der Waals surface area contributed by atoms with Crippen LogP contribution in [0.5, 0.6) is 0 Å². The first kappa shape index (κ1) is 9.64. The molecular formula is C12H22S. The van der Waals surface area contributed by atoms with E-state index in [9.17, 15) is 0 Å². The molecule has 13 heavy (non-hydrogen) atoms. The summed E-state index contributed by atoms with van der Waals surface area (Å²) < 4.78 is 0. The van der Waals surface area contributed by atoms with Crippen LogP contribution in [0.4, 0.5) is 0 Å². The van der Waals surface area contributed by atoms with Crippen LogP contribution < -0.4 is 0 Å². The number of hydrogen-bond acceptors (Lipinski definition) is 0. The van der Waals surface area contributed by atoms with Gasteiger partial charge in [0.1, 0.15) is 0 Å². The third-order valence-corrected chi connectivity index (χ3v) is 8.75. The van der Waals surface area contributed by atoms with Crippen molar-refractivity contribution in [2.75, 3.05) is 12.5 Å². The Bertz CT molecular complexity index is 227. The Morgan fingerprint density at radius 2 is 1.85 bits per heavy atom. The molecule has 1 heteroatoms. The Balaban J connectivity index is 2.14. The summed E-state index contributed by atoms with van der Waals surface area (Å²) in [5.41, 5.74) is 0. The zero-order valence-electron chi connectivity index (χ0n) is 9.29. The molecule has 0 saturated heterocycles. The second-order valence-corrected chi connectivity index (χ2v) is 9.88. The SMILES string of the molecule is CC(C)S(C)(C)C1CC2C=CC1C2. The molecule has 0 aromatic heterocycles.